The van der Waals surface area contributed by atoms with Crippen molar-refractivity contribution in [2.45, 2.75) is 26.3 Å². The van der Waals surface area contributed by atoms with E-state index in [4.69, 9.17) is 0 Å². The third-order valence-corrected chi connectivity index (χ3v) is 4.29. The summed E-state index contributed by atoms with van der Waals surface area (Å²) >= 11 is 0. The summed E-state index contributed by atoms with van der Waals surface area (Å²) in [6.07, 6.45) is 2.66. The predicted octanol–water partition coefficient (Wildman–Crippen LogP) is 4.88. The Hall–Kier alpha value is -3.14. The molecule has 1 unspecified atom stereocenters. The molecule has 26 heavy (non-hydrogen) atoms. The van der Waals surface area contributed by atoms with Crippen molar-refractivity contribution in [1.29, 1.82) is 0 Å². The van der Waals surface area contributed by atoms with Crippen LogP contribution in [0.2, 0.25) is 0 Å². The lowest BCUT2D eigenvalue weighted by Gasteiger charge is -2.14. The van der Waals surface area contributed by atoms with Crippen molar-refractivity contribution in [3.8, 4) is 0 Å². The van der Waals surface area contributed by atoms with Gasteiger partial charge in [0.05, 0.1) is 6.04 Å². The van der Waals surface area contributed by atoms with E-state index in [1.807, 2.05) is 55.5 Å². The minimum atomic E-state index is -0.189. The third-order valence-electron chi connectivity index (χ3n) is 4.29. The molecule has 0 saturated heterocycles. The molecule has 0 saturated carbocycles. The molecule has 132 valence electrons. The average molecular weight is 345 g/mol. The van der Waals surface area contributed by atoms with Crippen molar-refractivity contribution in [3.63, 3.8) is 0 Å². The molecule has 4 nitrogen and oxygen atoms in total. The van der Waals surface area contributed by atoms with Gasteiger partial charge in [0, 0.05) is 17.6 Å². The van der Waals surface area contributed by atoms with Crippen LogP contribution in [-0.4, -0.2) is 10.9 Å². The summed E-state index contributed by atoms with van der Waals surface area (Å²) in [5.41, 5.74) is 4.56. The van der Waals surface area contributed by atoms with Gasteiger partial charge >= 0.3 is 0 Å². The van der Waals surface area contributed by atoms with Gasteiger partial charge in [0.25, 0.3) is 5.91 Å². The van der Waals surface area contributed by atoms with Gasteiger partial charge in [0.2, 0.25) is 0 Å². The minimum absolute atomic E-state index is 0.0799. The minimum Gasteiger partial charge on any atom is -0.355 e. The number of hydrogen-bond donors (Lipinski definition) is 2. The Morgan fingerprint density at radius 3 is 2.42 bits per heavy atom. The maximum Gasteiger partial charge on any atom is 0.270 e. The lowest BCUT2D eigenvalue weighted by atomic mass is 10.1. The second-order valence-corrected chi connectivity index (χ2v) is 6.21. The number of carbonyl (C=O) groups is 1. The molecule has 2 aromatic carbocycles. The molecule has 0 aliphatic rings. The van der Waals surface area contributed by atoms with Crippen LogP contribution in [0.5, 0.6) is 0 Å². The van der Waals surface area contributed by atoms with E-state index in [1.54, 1.807) is 12.3 Å². The van der Waals surface area contributed by atoms with Crippen LogP contribution >= 0.6 is 0 Å². The normalized spacial score (nSPS) is 11.6. The number of hydrogen-bond acceptors (Lipinski definition) is 3. The van der Waals surface area contributed by atoms with Gasteiger partial charge in [0.1, 0.15) is 5.69 Å². The largest absolute Gasteiger partial charge is 0.355 e. The number of aromatic nitrogens is 1. The first-order chi connectivity index (χ1) is 12.7. The third kappa shape index (κ3) is 4.48. The van der Waals surface area contributed by atoms with E-state index in [-0.39, 0.29) is 11.9 Å². The van der Waals surface area contributed by atoms with Gasteiger partial charge in [0.15, 0.2) is 0 Å². The zero-order valence-corrected chi connectivity index (χ0v) is 15.1. The standard InChI is InChI=1S/C22H23N3O/c1-3-17-9-11-19(12-10-17)25-20-13-14-23-21(15-20)22(26)24-16(2)18-7-5-4-6-8-18/h4-16H,3H2,1-2H3,(H,23,25)(H,24,26). The monoisotopic (exact) mass is 345 g/mol. The van der Waals surface area contributed by atoms with E-state index in [0.717, 1.165) is 23.4 Å². The van der Waals surface area contributed by atoms with Crippen LogP contribution in [-0.2, 0) is 6.42 Å². The maximum absolute atomic E-state index is 12.5. The topological polar surface area (TPSA) is 54.0 Å². The molecular formula is C22H23N3O. The SMILES string of the molecule is CCc1ccc(Nc2ccnc(C(=O)NC(C)c3ccccc3)c2)cc1. The number of aryl methyl sites for hydroxylation is 1. The molecular weight excluding hydrogens is 322 g/mol. The van der Waals surface area contributed by atoms with Crippen molar-refractivity contribution >= 4 is 17.3 Å². The number of nitrogens with zero attached hydrogens (tertiary/aromatic N) is 1. The molecule has 2 N–H and O–H groups in total. The van der Waals surface area contributed by atoms with E-state index >= 15 is 0 Å². The summed E-state index contributed by atoms with van der Waals surface area (Å²) < 4.78 is 0. The molecule has 0 spiro atoms. The van der Waals surface area contributed by atoms with E-state index < -0.39 is 0 Å². The number of amides is 1. The second-order valence-electron chi connectivity index (χ2n) is 6.21. The first-order valence-corrected chi connectivity index (χ1v) is 8.83. The first-order valence-electron chi connectivity index (χ1n) is 8.83. The molecule has 1 atom stereocenters. The van der Waals surface area contributed by atoms with Gasteiger partial charge < -0.3 is 10.6 Å². The Morgan fingerprint density at radius 2 is 1.73 bits per heavy atom. The molecule has 0 aliphatic heterocycles. The van der Waals surface area contributed by atoms with Gasteiger partial charge in [-0.2, -0.15) is 0 Å². The molecule has 0 aliphatic carbocycles. The highest BCUT2D eigenvalue weighted by atomic mass is 16.1. The Labute approximate surface area is 154 Å². The van der Waals surface area contributed by atoms with E-state index in [0.29, 0.717) is 5.69 Å². The van der Waals surface area contributed by atoms with Gasteiger partial charge in [-0.3, -0.25) is 9.78 Å². The summed E-state index contributed by atoms with van der Waals surface area (Å²) in [6.45, 7) is 4.09. The van der Waals surface area contributed by atoms with E-state index in [2.05, 4.69) is 34.7 Å². The molecule has 3 aromatic rings. The van der Waals surface area contributed by atoms with Crippen molar-refractivity contribution < 1.29 is 4.79 Å². The van der Waals surface area contributed by atoms with E-state index in [1.165, 1.54) is 5.56 Å². The van der Waals surface area contributed by atoms with Gasteiger partial charge in [-0.05, 0) is 48.7 Å². The lowest BCUT2D eigenvalue weighted by Crippen LogP contribution is -2.27. The van der Waals surface area contributed by atoms with Crippen molar-refractivity contribution in [3.05, 3.63) is 89.7 Å². The maximum atomic E-state index is 12.5. The highest BCUT2D eigenvalue weighted by Crippen LogP contribution is 2.18. The fourth-order valence-corrected chi connectivity index (χ4v) is 2.72. The molecule has 0 fully saturated rings. The zero-order valence-electron chi connectivity index (χ0n) is 15.1. The van der Waals surface area contributed by atoms with Crippen molar-refractivity contribution in [2.75, 3.05) is 5.32 Å². The molecule has 4 heteroatoms. The quantitative estimate of drug-likeness (QED) is 0.669. The highest BCUT2D eigenvalue weighted by Gasteiger charge is 2.12. The Bertz CT molecular complexity index is 860. The number of carbonyl (C=O) groups excluding carboxylic acids is 1. The average Bonchev–Trinajstić information content (AvgIpc) is 2.69. The molecule has 3 rings (SSSR count). The zero-order chi connectivity index (χ0) is 18.4. The number of pyridine rings is 1. The van der Waals surface area contributed by atoms with Crippen LogP contribution in [0.3, 0.4) is 0 Å². The van der Waals surface area contributed by atoms with Crippen molar-refractivity contribution in [1.82, 2.24) is 10.3 Å². The number of nitrogens with one attached hydrogen (secondary N) is 2. The predicted molar refractivity (Wildman–Crippen MR) is 106 cm³/mol. The summed E-state index contributed by atoms with van der Waals surface area (Å²) in [6, 6.07) is 21.7. The Balaban J connectivity index is 1.68. The second kappa shape index (κ2) is 8.30. The van der Waals surface area contributed by atoms with Crippen LogP contribution in [0.15, 0.2) is 72.9 Å². The molecule has 1 aromatic heterocycles. The summed E-state index contributed by atoms with van der Waals surface area (Å²) in [5.74, 6) is -0.189. The number of benzene rings is 2. The smallest absolute Gasteiger partial charge is 0.270 e. The summed E-state index contributed by atoms with van der Waals surface area (Å²) in [7, 11) is 0. The van der Waals surface area contributed by atoms with Crippen LogP contribution in [0, 0.1) is 0 Å². The van der Waals surface area contributed by atoms with Crippen LogP contribution in [0.4, 0.5) is 11.4 Å². The molecule has 0 bridgehead atoms. The molecule has 1 heterocycles. The fourth-order valence-electron chi connectivity index (χ4n) is 2.72. The number of anilines is 2. The van der Waals surface area contributed by atoms with E-state index in [9.17, 15) is 4.79 Å². The summed E-state index contributed by atoms with van der Waals surface area (Å²) in [4.78, 5) is 16.7. The number of rotatable bonds is 6. The highest BCUT2D eigenvalue weighted by molar-refractivity contribution is 5.93. The van der Waals surface area contributed by atoms with Crippen LogP contribution in [0.1, 0.15) is 41.5 Å². The fraction of sp³-hybridized carbons (Fsp3) is 0.182. The van der Waals surface area contributed by atoms with Gasteiger partial charge in [-0.1, -0.05) is 49.4 Å². The van der Waals surface area contributed by atoms with Crippen molar-refractivity contribution in [2.24, 2.45) is 0 Å². The lowest BCUT2D eigenvalue weighted by molar-refractivity contribution is 0.0935. The van der Waals surface area contributed by atoms with Crippen LogP contribution < -0.4 is 10.6 Å². The van der Waals surface area contributed by atoms with Crippen LogP contribution in [0.25, 0.3) is 0 Å². The Morgan fingerprint density at radius 1 is 1.00 bits per heavy atom. The molecule has 0 radical (unpaired) electrons. The van der Waals surface area contributed by atoms with Gasteiger partial charge in [-0.25, -0.2) is 0 Å². The Kier molecular flexibility index (Phi) is 5.64. The first kappa shape index (κ1) is 17.7. The summed E-state index contributed by atoms with van der Waals surface area (Å²) in [5, 5.41) is 6.30. The van der Waals surface area contributed by atoms with Gasteiger partial charge in [-0.15, -0.1) is 0 Å². The molecule has 1 amide bonds.